The van der Waals surface area contributed by atoms with Crippen molar-refractivity contribution in [1.82, 2.24) is 0 Å². The maximum absolute atomic E-state index is 13.6. The van der Waals surface area contributed by atoms with E-state index in [0.717, 1.165) is 57.6 Å². The number of rotatable bonds is 9. The lowest BCUT2D eigenvalue weighted by atomic mass is 9.86. The van der Waals surface area contributed by atoms with Gasteiger partial charge >= 0.3 is 39.7 Å². The molecule has 1 unspecified atom stereocenters. The highest BCUT2D eigenvalue weighted by atomic mass is 79.9. The van der Waals surface area contributed by atoms with Crippen LogP contribution in [0.2, 0.25) is 0 Å². The lowest BCUT2D eigenvalue weighted by Crippen LogP contribution is -2.13. The summed E-state index contributed by atoms with van der Waals surface area (Å²) < 4.78 is 91.7. The van der Waals surface area contributed by atoms with Crippen LogP contribution < -0.4 is 21.6 Å². The predicted octanol–water partition coefficient (Wildman–Crippen LogP) is 8.79. The third kappa shape index (κ3) is 16.9. The molecule has 0 saturated heterocycles. The Morgan fingerprint density at radius 2 is 1.01 bits per heavy atom. The summed E-state index contributed by atoms with van der Waals surface area (Å²) in [4.78, 5) is 109. The van der Waals surface area contributed by atoms with Crippen molar-refractivity contribution >= 4 is 90.4 Å². The molecule has 3 heterocycles. The monoisotopic (exact) mass is 1160 g/mol. The second kappa shape index (κ2) is 23.1. The van der Waals surface area contributed by atoms with E-state index in [1.54, 1.807) is 31.2 Å². The van der Waals surface area contributed by atoms with E-state index in [2.05, 4.69) is 20.3 Å². The Hall–Kier alpha value is -5.30. The van der Waals surface area contributed by atoms with Crippen molar-refractivity contribution in [3.05, 3.63) is 170 Å². The first-order valence-electron chi connectivity index (χ1n) is 21.1. The summed E-state index contributed by atoms with van der Waals surface area (Å²) in [6, 6.07) is 15.1. The SMILES string of the molecule is COc1cc(C)cc2oc(=O)cc(CP(=O)(O)O)c12.Cc1cc(Br)c2c(CP(=O)(O)O)cc(=O)oc2c1.Cc1cc(C)c2c(c1)CC(=O)C=C2CP(C)(=O)O.O=c1cc(CP(=O)(O)O)c2c(F)cc(F)cc2o1. The lowest BCUT2D eigenvalue weighted by molar-refractivity contribution is -0.114. The number of ether oxygens (including phenoxy) is 1. The fraction of sp³-hybridized carbons (Fsp3) is 0.234. The smallest absolute Gasteiger partial charge is 0.336 e. The maximum atomic E-state index is 13.6. The number of hydrogen-bond donors (Lipinski definition) is 7. The Bertz CT molecular complexity index is 3600. The number of halogens is 3. The van der Waals surface area contributed by atoms with Crippen LogP contribution in [-0.4, -0.2) is 60.0 Å². The minimum atomic E-state index is -4.48. The average molecular weight is 1160 g/mol. The molecule has 0 spiro atoms. The number of benzene rings is 4. The van der Waals surface area contributed by atoms with Crippen LogP contribution >= 0.6 is 46.1 Å². The third-order valence-corrected chi connectivity index (χ3v) is 14.1. The normalized spacial score (nSPS) is 13.4. The number of allylic oxidation sites excluding steroid dienone is 2. The second-order valence-electron chi connectivity index (χ2n) is 17.1. The summed E-state index contributed by atoms with van der Waals surface area (Å²) in [5.74, 6) is -1.56. The molecule has 7 aromatic rings. The minimum absolute atomic E-state index is 0.0101. The second-order valence-corrected chi connectivity index (χ2v) is 25.3. The Morgan fingerprint density at radius 1 is 0.575 bits per heavy atom. The summed E-state index contributed by atoms with van der Waals surface area (Å²) in [6.07, 6.45) is 0.135. The standard InChI is InChI=1S/C14H17O3P.C12H13O6P.C11H10BrO5P.C10H7F2O5P/c1-9-4-10(2)14-11(5-9)6-13(15)7-12(14)8-18(3,16)17;1-7-3-9(17-2)12-8(6-19(14,15)16)5-11(13)18-10(12)4-7;1-6-2-8(12)11-7(5-18(14,15)16)4-10(13)17-9(11)3-6;11-6-2-7(12)10-5(4-18(14,15)16)1-9(13)17-8(10)3-6/h4-5,7H,6,8H2,1-3H3,(H,16,17);3-5H,6H2,1-2H3,(H2,14,15,16);2-4H,5H2,1H3,(H2,14,15,16);1-3H,4H2,(H2,14,15,16). The summed E-state index contributed by atoms with van der Waals surface area (Å²) in [5.41, 5.74) is 4.81. The van der Waals surface area contributed by atoms with Gasteiger partial charge in [0.25, 0.3) is 0 Å². The number of hydrogen-bond acceptors (Lipinski definition) is 12. The molecule has 0 aliphatic heterocycles. The molecule has 8 rings (SSSR count). The summed E-state index contributed by atoms with van der Waals surface area (Å²) in [6.45, 7) is 8.94. The van der Waals surface area contributed by atoms with Crippen molar-refractivity contribution < 1.29 is 84.1 Å². The number of ketones is 1. The quantitative estimate of drug-likeness (QED) is 0.0524. The van der Waals surface area contributed by atoms with E-state index in [0.29, 0.717) is 44.6 Å². The molecule has 1 aliphatic carbocycles. The third-order valence-electron chi connectivity index (χ3n) is 10.3. The molecule has 390 valence electrons. The van der Waals surface area contributed by atoms with Gasteiger partial charge < -0.3 is 52.2 Å². The molecule has 0 saturated carbocycles. The molecular weight excluding hydrogens is 1110 g/mol. The van der Waals surface area contributed by atoms with Crippen molar-refractivity contribution in [3.63, 3.8) is 0 Å². The highest BCUT2D eigenvalue weighted by Crippen LogP contribution is 2.45. The number of carbonyl (C=O) groups excluding carboxylic acids is 1. The zero-order chi connectivity index (χ0) is 54.7. The average Bonchev–Trinajstić information content (AvgIpc) is 3.17. The molecule has 73 heavy (non-hydrogen) atoms. The number of carbonyl (C=O) groups is 1. The molecule has 1 aliphatic rings. The highest BCUT2D eigenvalue weighted by molar-refractivity contribution is 9.10. The van der Waals surface area contributed by atoms with E-state index in [-0.39, 0.29) is 45.2 Å². The van der Waals surface area contributed by atoms with Gasteiger partial charge in [-0.2, -0.15) is 0 Å². The molecule has 7 N–H and O–H groups in total. The van der Waals surface area contributed by atoms with Crippen LogP contribution in [0.15, 0.2) is 105 Å². The largest absolute Gasteiger partial charge is 0.496 e. The molecule has 0 radical (unpaired) electrons. The van der Waals surface area contributed by atoms with Gasteiger partial charge in [0, 0.05) is 53.3 Å². The number of aryl methyl sites for hydroxylation is 4. The van der Waals surface area contributed by atoms with Gasteiger partial charge in [0.15, 0.2) is 5.78 Å². The summed E-state index contributed by atoms with van der Waals surface area (Å²) in [5, 5.41) is 0.624. The van der Waals surface area contributed by atoms with Crippen molar-refractivity contribution in [2.45, 2.75) is 52.6 Å². The molecule has 0 amide bonds. The zero-order valence-corrected chi connectivity index (χ0v) is 44.6. The van der Waals surface area contributed by atoms with Crippen LogP contribution in [0.25, 0.3) is 38.5 Å². The van der Waals surface area contributed by atoms with E-state index in [9.17, 15) is 51.1 Å². The Labute approximate surface area is 421 Å². The van der Waals surface area contributed by atoms with Gasteiger partial charge in [-0.1, -0.05) is 33.6 Å². The van der Waals surface area contributed by atoms with Crippen LogP contribution in [0, 0.1) is 39.3 Å². The van der Waals surface area contributed by atoms with Crippen LogP contribution in [0.3, 0.4) is 0 Å². The molecule has 4 aromatic carbocycles. The van der Waals surface area contributed by atoms with Gasteiger partial charge in [-0.15, -0.1) is 0 Å². The van der Waals surface area contributed by atoms with Crippen LogP contribution in [0.4, 0.5) is 8.78 Å². The van der Waals surface area contributed by atoms with Gasteiger partial charge in [-0.3, -0.25) is 23.1 Å². The molecule has 0 fully saturated rings. The molecule has 3 aromatic heterocycles. The fourth-order valence-electron chi connectivity index (χ4n) is 8.02. The van der Waals surface area contributed by atoms with Gasteiger partial charge in [0.05, 0.1) is 42.5 Å². The van der Waals surface area contributed by atoms with Crippen LogP contribution in [0.5, 0.6) is 5.75 Å². The van der Waals surface area contributed by atoms with E-state index in [1.807, 2.05) is 32.9 Å². The van der Waals surface area contributed by atoms with Gasteiger partial charge in [0.1, 0.15) is 34.1 Å². The predicted molar refractivity (Wildman–Crippen MR) is 272 cm³/mol. The fourth-order valence-corrected chi connectivity index (χ4v) is 11.8. The minimum Gasteiger partial charge on any atom is -0.496 e. The number of methoxy groups -OCH3 is 1. The van der Waals surface area contributed by atoms with E-state index in [1.165, 1.54) is 19.9 Å². The first-order valence-corrected chi connectivity index (χ1v) is 29.6. The zero-order valence-electron chi connectivity index (χ0n) is 39.4. The lowest BCUT2D eigenvalue weighted by Gasteiger charge is -2.21. The van der Waals surface area contributed by atoms with Gasteiger partial charge in [-0.25, -0.2) is 23.2 Å². The van der Waals surface area contributed by atoms with Crippen molar-refractivity contribution in [2.24, 2.45) is 0 Å². The molecule has 1 atom stereocenters. The van der Waals surface area contributed by atoms with Gasteiger partial charge in [-0.05, 0) is 108 Å². The topological polar surface area (TPSA) is 327 Å². The number of fused-ring (bicyclic) bond motifs is 4. The Balaban J connectivity index is 0.000000181. The molecule has 26 heteroatoms. The highest BCUT2D eigenvalue weighted by Gasteiger charge is 2.25. The first-order chi connectivity index (χ1) is 33.6. The molecular formula is C47H47BrF2O19P4. The van der Waals surface area contributed by atoms with Crippen molar-refractivity contribution in [1.29, 1.82) is 0 Å². The molecule has 0 bridgehead atoms. The Morgan fingerprint density at radius 3 is 1.49 bits per heavy atom. The van der Waals surface area contributed by atoms with Gasteiger partial charge in [0.2, 0.25) is 7.37 Å². The van der Waals surface area contributed by atoms with Crippen molar-refractivity contribution in [3.8, 4) is 5.75 Å². The van der Waals surface area contributed by atoms with E-state index < -0.39 is 77.2 Å². The Kier molecular flexibility index (Phi) is 18.5. The summed E-state index contributed by atoms with van der Waals surface area (Å²) in [7, 11) is -14.7. The molecule has 19 nitrogen and oxygen atoms in total. The van der Waals surface area contributed by atoms with E-state index in [4.69, 9.17) is 42.9 Å². The maximum Gasteiger partial charge on any atom is 0.336 e. The van der Waals surface area contributed by atoms with Crippen molar-refractivity contribution in [2.75, 3.05) is 19.9 Å². The van der Waals surface area contributed by atoms with Crippen LogP contribution in [0.1, 0.15) is 50.1 Å². The summed E-state index contributed by atoms with van der Waals surface area (Å²) >= 11 is 3.32. The first kappa shape index (κ1) is 58.6. The van der Waals surface area contributed by atoms with E-state index >= 15 is 0 Å². The van der Waals surface area contributed by atoms with Crippen LogP contribution in [-0.2, 0) is 48.0 Å².